The molecule has 0 aromatic heterocycles. The Bertz CT molecular complexity index is 138. The van der Waals surface area contributed by atoms with E-state index < -0.39 is 24.5 Å². The van der Waals surface area contributed by atoms with Gasteiger partial charge in [-0.25, -0.2) is 8.78 Å². The van der Waals surface area contributed by atoms with E-state index in [1.165, 1.54) is 0 Å². The molecule has 6 heteroatoms. The number of carboxylic acid groups (broad SMARTS) is 1. The zero-order valence-corrected chi connectivity index (χ0v) is 4.92. The van der Waals surface area contributed by atoms with Crippen LogP contribution < -0.4 is 5.73 Å². The summed E-state index contributed by atoms with van der Waals surface area (Å²) < 4.78 is 24.1. The minimum atomic E-state index is -3.74. The average Bonchev–Trinajstić information content (AvgIpc) is 1.86. The Morgan fingerprint density at radius 2 is 2.10 bits per heavy atom. The van der Waals surface area contributed by atoms with E-state index in [0.717, 1.165) is 0 Å². The van der Waals surface area contributed by atoms with E-state index in [1.807, 2.05) is 0 Å². The summed E-state index contributed by atoms with van der Waals surface area (Å²) in [5.74, 6) is -5.58. The number of halogens is 2. The molecule has 0 rings (SSSR count). The molecule has 0 saturated carbocycles. The number of aliphatic carboxylic acids is 1. The number of carbonyl (C=O) groups is 1. The van der Waals surface area contributed by atoms with Gasteiger partial charge < -0.3 is 15.9 Å². The summed E-state index contributed by atoms with van der Waals surface area (Å²) >= 11 is 0. The smallest absolute Gasteiger partial charge is 0.326 e. The molecule has 4 N–H and O–H groups in total. The van der Waals surface area contributed by atoms with Crippen LogP contribution >= 0.6 is 0 Å². The van der Waals surface area contributed by atoms with Crippen molar-refractivity contribution in [1.82, 2.24) is 0 Å². The van der Waals surface area contributed by atoms with E-state index in [0.29, 0.717) is 0 Å². The number of alkyl halides is 2. The Kier molecular flexibility index (Phi) is 2.67. The number of aliphatic hydroxyl groups excluding tert-OH is 1. The molecule has 10 heavy (non-hydrogen) atoms. The fourth-order valence-corrected chi connectivity index (χ4v) is 0.279. The monoisotopic (exact) mass is 155 g/mol. The molecule has 0 spiro atoms. The summed E-state index contributed by atoms with van der Waals surface area (Å²) in [6, 6.07) is -2.34. The van der Waals surface area contributed by atoms with Crippen molar-refractivity contribution < 1.29 is 23.8 Å². The van der Waals surface area contributed by atoms with E-state index >= 15 is 0 Å². The second kappa shape index (κ2) is 2.89. The molecular formula is C4H7F2NO3. The SMILES string of the molecule is NC(C(=O)O)C(F)(F)CO. The van der Waals surface area contributed by atoms with Gasteiger partial charge in [0.1, 0.15) is 6.61 Å². The van der Waals surface area contributed by atoms with Crippen LogP contribution in [0.3, 0.4) is 0 Å². The second-order valence-electron chi connectivity index (χ2n) is 1.74. The molecule has 1 atom stereocenters. The van der Waals surface area contributed by atoms with Gasteiger partial charge in [0, 0.05) is 0 Å². The highest BCUT2D eigenvalue weighted by molar-refractivity contribution is 5.74. The largest absolute Gasteiger partial charge is 0.480 e. The lowest BCUT2D eigenvalue weighted by atomic mass is 10.2. The Labute approximate surface area is 55.3 Å². The molecule has 1 unspecified atom stereocenters. The van der Waals surface area contributed by atoms with Crippen molar-refractivity contribution in [2.24, 2.45) is 5.73 Å². The maximum absolute atomic E-state index is 12.0. The molecule has 0 bridgehead atoms. The third kappa shape index (κ3) is 1.89. The summed E-state index contributed by atoms with van der Waals surface area (Å²) in [6.45, 7) is -1.56. The first-order chi connectivity index (χ1) is 4.41. The van der Waals surface area contributed by atoms with E-state index in [-0.39, 0.29) is 0 Å². The van der Waals surface area contributed by atoms with Gasteiger partial charge in [-0.3, -0.25) is 4.79 Å². The van der Waals surface area contributed by atoms with E-state index in [9.17, 15) is 13.6 Å². The number of carboxylic acids is 1. The third-order valence-corrected chi connectivity index (χ3v) is 0.932. The van der Waals surface area contributed by atoms with Crippen molar-refractivity contribution in [1.29, 1.82) is 0 Å². The van der Waals surface area contributed by atoms with E-state index in [4.69, 9.17) is 10.2 Å². The minimum Gasteiger partial charge on any atom is -0.480 e. The van der Waals surface area contributed by atoms with E-state index in [1.54, 1.807) is 0 Å². The summed E-state index contributed by atoms with van der Waals surface area (Å²) in [5, 5.41) is 15.9. The van der Waals surface area contributed by atoms with Crippen LogP contribution in [0.1, 0.15) is 0 Å². The Morgan fingerprint density at radius 1 is 1.70 bits per heavy atom. The minimum absolute atomic E-state index is 1.56. The Morgan fingerprint density at radius 3 is 2.20 bits per heavy atom. The average molecular weight is 155 g/mol. The molecule has 0 aliphatic rings. The van der Waals surface area contributed by atoms with Crippen molar-refractivity contribution in [2.75, 3.05) is 6.61 Å². The van der Waals surface area contributed by atoms with Crippen LogP contribution in [0.15, 0.2) is 0 Å². The second-order valence-corrected chi connectivity index (χ2v) is 1.74. The van der Waals surface area contributed by atoms with Gasteiger partial charge >= 0.3 is 5.97 Å². The predicted molar refractivity (Wildman–Crippen MR) is 27.6 cm³/mol. The van der Waals surface area contributed by atoms with Crippen LogP contribution in [0.5, 0.6) is 0 Å². The molecule has 0 fully saturated rings. The molecule has 0 saturated heterocycles. The van der Waals surface area contributed by atoms with Crippen molar-refractivity contribution >= 4 is 5.97 Å². The highest BCUT2D eigenvalue weighted by Gasteiger charge is 2.41. The molecular weight excluding hydrogens is 148 g/mol. The first-order valence-electron chi connectivity index (χ1n) is 2.39. The molecule has 0 amide bonds. The summed E-state index contributed by atoms with van der Waals surface area (Å²) in [6.07, 6.45) is 0. The fourth-order valence-electron chi connectivity index (χ4n) is 0.279. The summed E-state index contributed by atoms with van der Waals surface area (Å²) in [5.41, 5.74) is 4.50. The number of hydrogen-bond acceptors (Lipinski definition) is 3. The van der Waals surface area contributed by atoms with Crippen molar-refractivity contribution in [3.05, 3.63) is 0 Å². The van der Waals surface area contributed by atoms with Crippen LogP contribution in [0.2, 0.25) is 0 Å². The fraction of sp³-hybridized carbons (Fsp3) is 0.750. The van der Waals surface area contributed by atoms with Gasteiger partial charge in [-0.05, 0) is 0 Å². The first-order valence-corrected chi connectivity index (χ1v) is 2.39. The maximum atomic E-state index is 12.0. The molecule has 60 valence electrons. The normalized spacial score (nSPS) is 14.8. The van der Waals surface area contributed by atoms with Gasteiger partial charge in [0.25, 0.3) is 5.92 Å². The standard InChI is InChI=1S/C4H7F2NO3/c5-4(6,1-8)2(7)3(9)10/h2,8H,1,7H2,(H,9,10). The van der Waals surface area contributed by atoms with Crippen LogP contribution in [0, 0.1) is 0 Å². The van der Waals surface area contributed by atoms with Crippen LogP contribution in [-0.4, -0.2) is 34.8 Å². The third-order valence-electron chi connectivity index (χ3n) is 0.932. The Balaban J connectivity index is 4.17. The molecule has 0 aromatic rings. The lowest BCUT2D eigenvalue weighted by Gasteiger charge is -2.16. The molecule has 0 aliphatic carbocycles. The van der Waals surface area contributed by atoms with Crippen LogP contribution in [-0.2, 0) is 4.79 Å². The summed E-state index contributed by atoms with van der Waals surface area (Å²) in [7, 11) is 0. The van der Waals surface area contributed by atoms with Crippen LogP contribution in [0.25, 0.3) is 0 Å². The van der Waals surface area contributed by atoms with Gasteiger partial charge in [-0.15, -0.1) is 0 Å². The molecule has 0 radical (unpaired) electrons. The quantitative estimate of drug-likeness (QED) is 0.489. The lowest BCUT2D eigenvalue weighted by molar-refractivity contribution is -0.152. The van der Waals surface area contributed by atoms with Crippen molar-refractivity contribution in [3.63, 3.8) is 0 Å². The number of nitrogens with two attached hydrogens (primary N) is 1. The van der Waals surface area contributed by atoms with Crippen molar-refractivity contribution in [3.8, 4) is 0 Å². The maximum Gasteiger partial charge on any atom is 0.326 e. The Hall–Kier alpha value is -0.750. The number of hydrogen-bond donors (Lipinski definition) is 3. The topological polar surface area (TPSA) is 83.6 Å². The van der Waals surface area contributed by atoms with Crippen molar-refractivity contribution in [2.45, 2.75) is 12.0 Å². The van der Waals surface area contributed by atoms with Gasteiger partial charge in [-0.1, -0.05) is 0 Å². The van der Waals surface area contributed by atoms with Gasteiger partial charge in [0.05, 0.1) is 0 Å². The van der Waals surface area contributed by atoms with Crippen LogP contribution in [0.4, 0.5) is 8.78 Å². The lowest BCUT2D eigenvalue weighted by Crippen LogP contribution is -2.49. The number of rotatable bonds is 3. The summed E-state index contributed by atoms with van der Waals surface area (Å²) in [4.78, 5) is 9.79. The van der Waals surface area contributed by atoms with Gasteiger partial charge in [-0.2, -0.15) is 0 Å². The highest BCUT2D eigenvalue weighted by atomic mass is 19.3. The predicted octanol–water partition coefficient (Wildman–Crippen LogP) is -0.974. The first kappa shape index (κ1) is 9.25. The van der Waals surface area contributed by atoms with E-state index in [2.05, 4.69) is 5.73 Å². The molecule has 4 nitrogen and oxygen atoms in total. The van der Waals surface area contributed by atoms with Gasteiger partial charge in [0.2, 0.25) is 0 Å². The zero-order valence-electron chi connectivity index (χ0n) is 4.92. The van der Waals surface area contributed by atoms with Gasteiger partial charge in [0.15, 0.2) is 6.04 Å². The number of aliphatic hydroxyl groups is 1. The zero-order chi connectivity index (χ0) is 8.36. The molecule has 0 heterocycles. The molecule has 0 aliphatic heterocycles. The highest BCUT2D eigenvalue weighted by Crippen LogP contribution is 2.15. The molecule has 0 aromatic carbocycles.